The third kappa shape index (κ3) is 4.46. The average Bonchev–Trinajstić information content (AvgIpc) is 2.66. The first-order valence-electron chi connectivity index (χ1n) is 10.8. The number of esters is 1. The van der Waals surface area contributed by atoms with Crippen LogP contribution in [0.25, 0.3) is 0 Å². The molecule has 0 unspecified atom stereocenters. The third-order valence-electron chi connectivity index (χ3n) is 6.91. The van der Waals surface area contributed by atoms with Crippen molar-refractivity contribution in [2.75, 3.05) is 6.61 Å². The van der Waals surface area contributed by atoms with E-state index in [1.165, 1.54) is 19.3 Å². The van der Waals surface area contributed by atoms with E-state index in [4.69, 9.17) is 4.74 Å². The predicted octanol–water partition coefficient (Wildman–Crippen LogP) is 3.52. The van der Waals surface area contributed by atoms with Crippen molar-refractivity contribution in [3.05, 3.63) is 35.9 Å². The number of carbonyl (C=O) groups is 3. The van der Waals surface area contributed by atoms with Gasteiger partial charge in [0.2, 0.25) is 0 Å². The van der Waals surface area contributed by atoms with Crippen molar-refractivity contribution < 1.29 is 19.1 Å². The van der Waals surface area contributed by atoms with Gasteiger partial charge in [-0.3, -0.25) is 14.9 Å². The highest BCUT2D eigenvalue weighted by Gasteiger charge is 2.51. The molecule has 156 valence electrons. The Kier molecular flexibility index (Phi) is 5.61. The highest BCUT2D eigenvalue weighted by Crippen LogP contribution is 2.55. The Morgan fingerprint density at radius 3 is 2.17 bits per heavy atom. The molecule has 1 aromatic rings. The third-order valence-corrected chi connectivity index (χ3v) is 6.91. The van der Waals surface area contributed by atoms with Gasteiger partial charge in [-0.05, 0) is 68.3 Å². The van der Waals surface area contributed by atoms with Gasteiger partial charge in [0.25, 0.3) is 5.91 Å². The number of carbonyl (C=O) groups excluding carboxylic acids is 3. The van der Waals surface area contributed by atoms with Gasteiger partial charge in [0, 0.05) is 5.54 Å². The number of hydrogen-bond acceptors (Lipinski definition) is 4. The van der Waals surface area contributed by atoms with Crippen molar-refractivity contribution in [3.8, 4) is 0 Å². The van der Waals surface area contributed by atoms with E-state index in [0.717, 1.165) is 24.8 Å². The fourth-order valence-corrected chi connectivity index (χ4v) is 6.16. The Bertz CT molecular complexity index is 741. The van der Waals surface area contributed by atoms with Crippen LogP contribution in [0.2, 0.25) is 0 Å². The van der Waals surface area contributed by atoms with Crippen molar-refractivity contribution in [3.63, 3.8) is 0 Å². The normalized spacial score (nSPS) is 30.4. The maximum Gasteiger partial charge on any atom is 0.321 e. The number of nitrogens with one attached hydrogen (secondary N) is 2. The molecular weight excluding hydrogens is 368 g/mol. The lowest BCUT2D eigenvalue weighted by atomic mass is 9.53. The van der Waals surface area contributed by atoms with Crippen LogP contribution in [0.15, 0.2) is 30.3 Å². The van der Waals surface area contributed by atoms with Gasteiger partial charge < -0.3 is 10.1 Å². The van der Waals surface area contributed by atoms with Crippen LogP contribution in [0.5, 0.6) is 0 Å². The Morgan fingerprint density at radius 2 is 1.62 bits per heavy atom. The molecule has 0 aliphatic heterocycles. The lowest BCUT2D eigenvalue weighted by Gasteiger charge is -2.56. The SMILES string of the molecule is CC[C@@H](C(=O)OCC(=O)NC(=O)NC12CC3CC(CC(C3)C1)C2)c1ccccc1. The van der Waals surface area contributed by atoms with Crippen molar-refractivity contribution >= 4 is 17.9 Å². The monoisotopic (exact) mass is 398 g/mol. The van der Waals surface area contributed by atoms with Crippen LogP contribution in [-0.4, -0.2) is 30.1 Å². The topological polar surface area (TPSA) is 84.5 Å². The number of rotatable bonds is 6. The summed E-state index contributed by atoms with van der Waals surface area (Å²) in [5.74, 6) is 0.676. The second-order valence-electron chi connectivity index (χ2n) is 9.18. The van der Waals surface area contributed by atoms with Crippen molar-refractivity contribution in [2.45, 2.75) is 63.3 Å². The van der Waals surface area contributed by atoms with E-state index in [0.29, 0.717) is 24.2 Å². The highest BCUT2D eigenvalue weighted by atomic mass is 16.5. The number of ether oxygens (including phenoxy) is 1. The van der Waals surface area contributed by atoms with Crippen molar-refractivity contribution in [2.24, 2.45) is 17.8 Å². The molecule has 5 rings (SSSR count). The van der Waals surface area contributed by atoms with E-state index >= 15 is 0 Å². The van der Waals surface area contributed by atoms with Gasteiger partial charge in [-0.25, -0.2) is 4.79 Å². The molecule has 2 N–H and O–H groups in total. The first kappa shape index (κ1) is 19.9. The van der Waals surface area contributed by atoms with Crippen LogP contribution in [0, 0.1) is 17.8 Å². The molecule has 4 saturated carbocycles. The van der Waals surface area contributed by atoms with Crippen LogP contribution in [0.3, 0.4) is 0 Å². The van der Waals surface area contributed by atoms with E-state index in [1.807, 2.05) is 37.3 Å². The first-order valence-corrected chi connectivity index (χ1v) is 10.8. The standard InChI is InChI=1S/C23H30N2O4/c1-2-19(18-6-4-3-5-7-18)21(27)29-14-20(26)24-22(28)25-23-11-15-8-16(12-23)10-17(9-15)13-23/h3-7,15-17,19H,2,8-14H2,1H3,(H2,24,25,26,28)/t15?,16?,17?,19-,23?/m1/s1. The van der Waals surface area contributed by atoms with E-state index in [9.17, 15) is 14.4 Å². The summed E-state index contributed by atoms with van der Waals surface area (Å²) < 4.78 is 5.17. The zero-order valence-corrected chi connectivity index (χ0v) is 17.0. The molecule has 6 heteroatoms. The number of hydrogen-bond donors (Lipinski definition) is 2. The van der Waals surface area contributed by atoms with E-state index < -0.39 is 30.4 Å². The summed E-state index contributed by atoms with van der Waals surface area (Å²) in [4.78, 5) is 36.9. The first-order chi connectivity index (χ1) is 14.0. The largest absolute Gasteiger partial charge is 0.455 e. The molecule has 1 atom stereocenters. The molecule has 0 saturated heterocycles. The number of imide groups is 1. The average molecular weight is 399 g/mol. The summed E-state index contributed by atoms with van der Waals surface area (Å²) in [6.45, 7) is 1.45. The molecule has 4 bridgehead atoms. The lowest BCUT2D eigenvalue weighted by Crippen LogP contribution is -2.62. The van der Waals surface area contributed by atoms with Crippen LogP contribution in [0.1, 0.15) is 63.4 Å². The minimum absolute atomic E-state index is 0.156. The minimum Gasteiger partial charge on any atom is -0.455 e. The Morgan fingerprint density at radius 1 is 1.03 bits per heavy atom. The Hall–Kier alpha value is -2.37. The quantitative estimate of drug-likeness (QED) is 0.718. The van der Waals surface area contributed by atoms with Crippen molar-refractivity contribution in [1.29, 1.82) is 0 Å². The van der Waals surface area contributed by atoms with Gasteiger partial charge in [0.05, 0.1) is 5.92 Å². The summed E-state index contributed by atoms with van der Waals surface area (Å²) in [7, 11) is 0. The van der Waals surface area contributed by atoms with Gasteiger partial charge >= 0.3 is 12.0 Å². The fraction of sp³-hybridized carbons (Fsp3) is 0.609. The predicted molar refractivity (Wildman–Crippen MR) is 108 cm³/mol. The summed E-state index contributed by atoms with van der Waals surface area (Å²) >= 11 is 0. The number of amides is 3. The van der Waals surface area contributed by atoms with Crippen LogP contribution < -0.4 is 10.6 Å². The molecule has 4 aliphatic carbocycles. The maximum absolute atomic E-state index is 12.4. The molecule has 29 heavy (non-hydrogen) atoms. The van der Waals surface area contributed by atoms with E-state index in [-0.39, 0.29) is 5.54 Å². The zero-order valence-electron chi connectivity index (χ0n) is 17.0. The lowest BCUT2D eigenvalue weighted by molar-refractivity contribution is -0.149. The van der Waals surface area contributed by atoms with Crippen LogP contribution >= 0.6 is 0 Å². The molecule has 0 heterocycles. The molecule has 3 amide bonds. The Labute approximate surface area is 171 Å². The molecule has 1 aromatic carbocycles. The molecule has 0 radical (unpaired) electrons. The molecule has 0 aromatic heterocycles. The number of benzene rings is 1. The molecule has 0 spiro atoms. The van der Waals surface area contributed by atoms with Gasteiger partial charge in [-0.15, -0.1) is 0 Å². The molecule has 6 nitrogen and oxygen atoms in total. The second kappa shape index (κ2) is 8.17. The van der Waals surface area contributed by atoms with Gasteiger partial charge in [0.15, 0.2) is 6.61 Å². The van der Waals surface area contributed by atoms with Gasteiger partial charge in [-0.2, -0.15) is 0 Å². The smallest absolute Gasteiger partial charge is 0.321 e. The number of urea groups is 1. The van der Waals surface area contributed by atoms with Crippen LogP contribution in [0.4, 0.5) is 4.79 Å². The zero-order chi connectivity index (χ0) is 20.4. The molecule has 4 aliphatic rings. The Balaban J connectivity index is 1.25. The highest BCUT2D eigenvalue weighted by molar-refractivity contribution is 5.96. The maximum atomic E-state index is 12.4. The molecular formula is C23H30N2O4. The second-order valence-corrected chi connectivity index (χ2v) is 9.18. The summed E-state index contributed by atoms with van der Waals surface area (Å²) in [6, 6.07) is 8.89. The minimum atomic E-state index is -0.594. The fourth-order valence-electron chi connectivity index (χ4n) is 6.16. The van der Waals surface area contributed by atoms with Gasteiger partial charge in [0.1, 0.15) is 0 Å². The molecule has 4 fully saturated rings. The van der Waals surface area contributed by atoms with Crippen molar-refractivity contribution in [1.82, 2.24) is 10.6 Å². The van der Waals surface area contributed by atoms with E-state index in [2.05, 4.69) is 10.6 Å². The summed E-state index contributed by atoms with van der Waals surface area (Å²) in [5, 5.41) is 5.43. The summed E-state index contributed by atoms with van der Waals surface area (Å²) in [5.41, 5.74) is 0.705. The summed E-state index contributed by atoms with van der Waals surface area (Å²) in [6.07, 6.45) is 7.50. The van der Waals surface area contributed by atoms with Crippen LogP contribution in [-0.2, 0) is 14.3 Å². The van der Waals surface area contributed by atoms with Gasteiger partial charge in [-0.1, -0.05) is 37.3 Å². The van der Waals surface area contributed by atoms with E-state index in [1.54, 1.807) is 0 Å².